The van der Waals surface area contributed by atoms with Crippen LogP contribution < -0.4 is 10.6 Å². The molecule has 0 aliphatic carbocycles. The fraction of sp³-hybridized carbons (Fsp3) is 0.238. The number of benzene rings is 2. The maximum atomic E-state index is 12.8. The van der Waals surface area contributed by atoms with Gasteiger partial charge >= 0.3 is 0 Å². The van der Waals surface area contributed by atoms with Crippen molar-refractivity contribution in [2.75, 3.05) is 18.9 Å². The molecule has 0 radical (unpaired) electrons. The fourth-order valence-corrected chi connectivity index (χ4v) is 3.98. The maximum Gasteiger partial charge on any atom is 0.270 e. The van der Waals surface area contributed by atoms with Crippen LogP contribution in [0.25, 0.3) is 10.9 Å². The van der Waals surface area contributed by atoms with Crippen LogP contribution in [-0.4, -0.2) is 35.3 Å². The lowest BCUT2D eigenvalue weighted by molar-refractivity contribution is 0.0776. The van der Waals surface area contributed by atoms with E-state index in [4.69, 9.17) is 0 Å². The summed E-state index contributed by atoms with van der Waals surface area (Å²) in [6.07, 6.45) is 0.792. The summed E-state index contributed by atoms with van der Waals surface area (Å²) < 4.78 is 0. The molecule has 6 heteroatoms. The van der Waals surface area contributed by atoms with Crippen LogP contribution in [0.2, 0.25) is 0 Å². The second-order valence-corrected chi connectivity index (χ2v) is 7.26. The van der Waals surface area contributed by atoms with Gasteiger partial charge in [-0.3, -0.25) is 9.59 Å². The predicted molar refractivity (Wildman–Crippen MR) is 104 cm³/mol. The van der Waals surface area contributed by atoms with Crippen LogP contribution in [0, 0.1) is 0 Å². The summed E-state index contributed by atoms with van der Waals surface area (Å²) in [5.74, 6) is -0.137. The van der Waals surface area contributed by atoms with Crippen LogP contribution in [0.1, 0.15) is 37.5 Å². The van der Waals surface area contributed by atoms with Gasteiger partial charge in [-0.2, -0.15) is 0 Å². The minimum atomic E-state index is -0.142. The Labute approximate surface area is 156 Å². The van der Waals surface area contributed by atoms with Crippen LogP contribution in [0.3, 0.4) is 0 Å². The number of hydrogen-bond acceptors (Lipinski definition) is 3. The molecule has 1 aromatic heterocycles. The molecule has 3 aromatic rings. The van der Waals surface area contributed by atoms with Gasteiger partial charge in [-0.1, -0.05) is 6.07 Å². The molecule has 2 amide bonds. The molecule has 3 N–H and O–H groups in total. The van der Waals surface area contributed by atoms with Gasteiger partial charge in [-0.15, -0.1) is 0 Å². The van der Waals surface area contributed by atoms with E-state index in [0.29, 0.717) is 17.8 Å². The average molecular weight is 360 g/mol. The molecular formula is C21H20N4O2. The van der Waals surface area contributed by atoms with E-state index in [1.54, 1.807) is 11.0 Å². The van der Waals surface area contributed by atoms with Gasteiger partial charge < -0.3 is 20.5 Å². The van der Waals surface area contributed by atoms with Gasteiger partial charge in [0, 0.05) is 48.8 Å². The molecule has 0 atom stereocenters. The monoisotopic (exact) mass is 360 g/mol. The van der Waals surface area contributed by atoms with Crippen molar-refractivity contribution in [3.05, 3.63) is 64.3 Å². The maximum absolute atomic E-state index is 12.8. The molecule has 0 unspecified atom stereocenters. The molecule has 0 spiro atoms. The zero-order valence-corrected chi connectivity index (χ0v) is 15.1. The number of H-pyrrole nitrogens is 1. The van der Waals surface area contributed by atoms with E-state index in [1.807, 2.05) is 31.3 Å². The third kappa shape index (κ3) is 2.61. The summed E-state index contributed by atoms with van der Waals surface area (Å²) in [7, 11) is 1.81. The molecule has 27 heavy (non-hydrogen) atoms. The van der Waals surface area contributed by atoms with Crippen molar-refractivity contribution in [3.8, 4) is 0 Å². The van der Waals surface area contributed by atoms with E-state index >= 15 is 0 Å². The number of carbonyl (C=O) groups excluding carboxylic acids is 2. The van der Waals surface area contributed by atoms with Gasteiger partial charge in [0.15, 0.2) is 0 Å². The van der Waals surface area contributed by atoms with Crippen molar-refractivity contribution in [2.24, 2.45) is 0 Å². The molecule has 6 nitrogen and oxygen atoms in total. The number of aromatic amines is 1. The zero-order valence-electron chi connectivity index (χ0n) is 15.1. The first-order valence-electron chi connectivity index (χ1n) is 9.14. The molecular weight excluding hydrogens is 340 g/mol. The first-order chi connectivity index (χ1) is 13.1. The minimum absolute atomic E-state index is 0.00482. The van der Waals surface area contributed by atoms with Gasteiger partial charge in [-0.25, -0.2) is 0 Å². The highest BCUT2D eigenvalue weighted by Crippen LogP contribution is 2.28. The predicted octanol–water partition coefficient (Wildman–Crippen LogP) is 2.65. The van der Waals surface area contributed by atoms with Gasteiger partial charge in [0.05, 0.1) is 0 Å². The van der Waals surface area contributed by atoms with Crippen molar-refractivity contribution in [1.29, 1.82) is 0 Å². The van der Waals surface area contributed by atoms with Gasteiger partial charge in [-0.05, 0) is 53.4 Å². The summed E-state index contributed by atoms with van der Waals surface area (Å²) in [4.78, 5) is 30.0. The summed E-state index contributed by atoms with van der Waals surface area (Å²) in [5, 5.41) is 7.25. The van der Waals surface area contributed by atoms with Gasteiger partial charge in [0.2, 0.25) is 0 Å². The number of amides is 2. The molecule has 2 aliphatic heterocycles. The Morgan fingerprint density at radius 1 is 1.11 bits per heavy atom. The Kier molecular flexibility index (Phi) is 3.55. The van der Waals surface area contributed by atoms with Crippen molar-refractivity contribution in [1.82, 2.24) is 15.2 Å². The Morgan fingerprint density at radius 3 is 2.85 bits per heavy atom. The lowest BCUT2D eigenvalue weighted by atomic mass is 10.0. The molecule has 3 heterocycles. The second-order valence-electron chi connectivity index (χ2n) is 7.26. The molecule has 5 rings (SSSR count). The third-order valence-electron chi connectivity index (χ3n) is 5.52. The Balaban J connectivity index is 1.46. The van der Waals surface area contributed by atoms with E-state index < -0.39 is 0 Å². The smallest absolute Gasteiger partial charge is 0.270 e. The zero-order chi connectivity index (χ0) is 18.5. The molecule has 136 valence electrons. The van der Waals surface area contributed by atoms with E-state index in [9.17, 15) is 9.59 Å². The van der Waals surface area contributed by atoms with Crippen LogP contribution in [0.15, 0.2) is 36.4 Å². The molecule has 0 fully saturated rings. The number of anilines is 1. The molecule has 2 aromatic carbocycles. The fourth-order valence-electron chi connectivity index (χ4n) is 3.98. The summed E-state index contributed by atoms with van der Waals surface area (Å²) in [5.41, 5.74) is 6.44. The minimum Gasteiger partial charge on any atom is -0.350 e. The number of rotatable bonds is 2. The van der Waals surface area contributed by atoms with Crippen molar-refractivity contribution >= 4 is 28.4 Å². The number of nitrogens with zero attached hydrogens (tertiary/aromatic N) is 1. The standard InChI is InChI=1S/C21H20N4O2/c1-25-7-6-16-17-9-12(3-5-18(17)24-19(16)21(25)27)20(26)23-15-4-2-13-10-22-11-14(13)8-15/h2-5,8-9,22,24H,6-7,10-11H2,1H3,(H,23,26). The number of aromatic nitrogens is 1. The normalized spacial score (nSPS) is 15.7. The highest BCUT2D eigenvalue weighted by molar-refractivity contribution is 6.08. The van der Waals surface area contributed by atoms with Crippen molar-refractivity contribution in [3.63, 3.8) is 0 Å². The highest BCUT2D eigenvalue weighted by Gasteiger charge is 2.26. The third-order valence-corrected chi connectivity index (χ3v) is 5.52. The molecule has 0 saturated carbocycles. The molecule has 2 aliphatic rings. The number of likely N-dealkylation sites (N-methyl/N-ethyl adjacent to an activating group) is 1. The van der Waals surface area contributed by atoms with Crippen LogP contribution in [-0.2, 0) is 19.5 Å². The van der Waals surface area contributed by atoms with Crippen LogP contribution in [0.4, 0.5) is 5.69 Å². The summed E-state index contributed by atoms with van der Waals surface area (Å²) >= 11 is 0. The number of hydrogen-bond donors (Lipinski definition) is 3. The summed E-state index contributed by atoms with van der Waals surface area (Å²) in [6.45, 7) is 2.41. The number of fused-ring (bicyclic) bond motifs is 4. The largest absolute Gasteiger partial charge is 0.350 e. The van der Waals surface area contributed by atoms with E-state index in [2.05, 4.69) is 21.7 Å². The lowest BCUT2D eigenvalue weighted by Crippen LogP contribution is -2.33. The van der Waals surface area contributed by atoms with E-state index in [-0.39, 0.29) is 11.8 Å². The number of carbonyl (C=O) groups is 2. The van der Waals surface area contributed by atoms with Crippen LogP contribution in [0.5, 0.6) is 0 Å². The second kappa shape index (κ2) is 5.96. The Morgan fingerprint density at radius 2 is 1.96 bits per heavy atom. The summed E-state index contributed by atoms with van der Waals surface area (Å²) in [6, 6.07) is 11.6. The quantitative estimate of drug-likeness (QED) is 0.657. The Bertz CT molecular complexity index is 1100. The first kappa shape index (κ1) is 16.1. The molecule has 0 bridgehead atoms. The van der Waals surface area contributed by atoms with E-state index in [1.165, 1.54) is 11.1 Å². The van der Waals surface area contributed by atoms with Crippen molar-refractivity contribution < 1.29 is 9.59 Å². The average Bonchev–Trinajstić information content (AvgIpc) is 3.28. The molecule has 0 saturated heterocycles. The Hall–Kier alpha value is -3.12. The van der Waals surface area contributed by atoms with E-state index in [0.717, 1.165) is 41.7 Å². The highest BCUT2D eigenvalue weighted by atomic mass is 16.2. The SMILES string of the molecule is CN1CCc2c([nH]c3ccc(C(=O)Nc4ccc5c(c4)CNC5)cc23)C1=O. The first-order valence-corrected chi connectivity index (χ1v) is 9.14. The van der Waals surface area contributed by atoms with Gasteiger partial charge in [0.1, 0.15) is 5.69 Å². The van der Waals surface area contributed by atoms with Crippen molar-refractivity contribution in [2.45, 2.75) is 19.5 Å². The number of nitrogens with one attached hydrogen (secondary N) is 3. The topological polar surface area (TPSA) is 77.2 Å². The van der Waals surface area contributed by atoms with Crippen LogP contribution >= 0.6 is 0 Å². The van der Waals surface area contributed by atoms with Gasteiger partial charge in [0.25, 0.3) is 11.8 Å². The lowest BCUT2D eigenvalue weighted by Gasteiger charge is -2.22.